The average Bonchev–Trinajstić information content (AvgIpc) is 2.69. The minimum Gasteiger partial charge on any atom is -0.286 e. The van der Waals surface area contributed by atoms with Crippen LogP contribution in [0.4, 0.5) is 0 Å². The molecule has 0 fully saturated rings. The molecule has 170 valence electrons. The zero-order valence-electron chi connectivity index (χ0n) is 19.0. The third-order valence-corrected chi connectivity index (χ3v) is 6.15. The number of rotatable bonds is 23. The third-order valence-electron chi connectivity index (χ3n) is 4.80. The fourth-order valence-electron chi connectivity index (χ4n) is 2.89. The van der Waals surface area contributed by atoms with Crippen LogP contribution in [0.3, 0.4) is 0 Å². The van der Waals surface area contributed by atoms with Gasteiger partial charge < -0.3 is 0 Å². The first-order valence-corrected chi connectivity index (χ1v) is 13.4. The van der Waals surface area contributed by atoms with E-state index >= 15 is 0 Å². The minimum atomic E-state index is -3.47. The molecule has 0 unspecified atom stereocenters. The summed E-state index contributed by atoms with van der Waals surface area (Å²) in [7, 11) is -3.47. The highest BCUT2D eigenvalue weighted by molar-refractivity contribution is 7.48. The van der Waals surface area contributed by atoms with Crippen molar-refractivity contribution in [3.05, 3.63) is 0 Å². The predicted molar refractivity (Wildman–Crippen MR) is 119 cm³/mol. The summed E-state index contributed by atoms with van der Waals surface area (Å²) in [6.07, 6.45) is 19.5. The van der Waals surface area contributed by atoms with Gasteiger partial charge in [0.25, 0.3) is 0 Å². The number of phosphoric ester groups is 1. The molecule has 0 aliphatic carbocycles. The van der Waals surface area contributed by atoms with Crippen LogP contribution >= 0.6 is 7.82 Å². The van der Waals surface area contributed by atoms with Gasteiger partial charge in [-0.3, -0.25) is 9.05 Å². The second kappa shape index (κ2) is 21.8. The number of phosphoric acid groups is 1. The van der Waals surface area contributed by atoms with Gasteiger partial charge in [0.2, 0.25) is 0 Å². The summed E-state index contributed by atoms with van der Waals surface area (Å²) >= 11 is 0. The normalized spacial score (nSPS) is 12.0. The van der Waals surface area contributed by atoms with E-state index in [0.29, 0.717) is 19.8 Å². The van der Waals surface area contributed by atoms with E-state index in [1.807, 2.05) is 0 Å². The topological polar surface area (TPSA) is 56.8 Å². The van der Waals surface area contributed by atoms with Crippen molar-refractivity contribution in [2.75, 3.05) is 19.8 Å². The van der Waals surface area contributed by atoms with Crippen molar-refractivity contribution in [3.8, 4) is 0 Å². The van der Waals surface area contributed by atoms with Crippen molar-refractivity contribution in [2.45, 2.75) is 124 Å². The van der Waals surface area contributed by atoms with Crippen LogP contribution in [0.5, 0.6) is 0 Å². The minimum absolute atomic E-state index is 0.403. The zero-order valence-corrected chi connectivity index (χ0v) is 19.9. The Morgan fingerprint density at radius 1 is 0.571 bits per heavy atom. The van der Waals surface area contributed by atoms with Gasteiger partial charge in [0.05, 0.1) is 13.2 Å². The molecule has 28 heavy (non-hydrogen) atoms. The molecule has 0 heterocycles. The van der Waals surface area contributed by atoms with Gasteiger partial charge in [0.1, 0.15) is 0 Å². The highest BCUT2D eigenvalue weighted by atomic mass is 31.2. The molecule has 0 saturated heterocycles. The van der Waals surface area contributed by atoms with Gasteiger partial charge in [-0.05, 0) is 19.3 Å². The van der Waals surface area contributed by atoms with E-state index in [4.69, 9.17) is 13.7 Å². The van der Waals surface area contributed by atoms with E-state index in [1.54, 1.807) is 0 Å². The van der Waals surface area contributed by atoms with E-state index in [0.717, 1.165) is 32.1 Å². The van der Waals surface area contributed by atoms with Crippen LogP contribution in [0.15, 0.2) is 0 Å². The van der Waals surface area contributed by atoms with Crippen LogP contribution in [0.2, 0.25) is 0 Å². The molecule has 6 heteroatoms. The fourth-order valence-corrected chi connectivity index (χ4v) is 4.03. The quantitative estimate of drug-likeness (QED) is 0.103. The van der Waals surface area contributed by atoms with Gasteiger partial charge in [-0.15, -0.1) is 0 Å². The Morgan fingerprint density at radius 2 is 0.964 bits per heavy atom. The summed E-state index contributed by atoms with van der Waals surface area (Å²) in [5, 5.41) is 0. The Kier molecular flexibility index (Phi) is 21.8. The third kappa shape index (κ3) is 19.4. The molecule has 1 N–H and O–H groups in total. The van der Waals surface area contributed by atoms with E-state index < -0.39 is 7.82 Å². The lowest BCUT2D eigenvalue weighted by molar-refractivity contribution is 0.0694. The summed E-state index contributed by atoms with van der Waals surface area (Å²) in [5.74, 6) is 0. The molecule has 0 atom stereocenters. The lowest BCUT2D eigenvalue weighted by atomic mass is 10.1. The summed E-state index contributed by atoms with van der Waals surface area (Å²) < 4.78 is 28.6. The van der Waals surface area contributed by atoms with Crippen molar-refractivity contribution >= 4 is 7.82 Å². The maximum Gasteiger partial charge on any atom is 0.491 e. The van der Waals surface area contributed by atoms with Crippen LogP contribution < -0.4 is 5.48 Å². The number of hydrogen-bond donors (Lipinski definition) is 1. The Balaban J connectivity index is 3.58. The second-order valence-electron chi connectivity index (χ2n) is 7.70. The van der Waals surface area contributed by atoms with Gasteiger partial charge >= 0.3 is 7.82 Å². The molecular weight excluding hydrogens is 373 g/mol. The van der Waals surface area contributed by atoms with Crippen molar-refractivity contribution < 1.29 is 18.2 Å². The monoisotopic (exact) mass is 421 g/mol. The highest BCUT2D eigenvalue weighted by Gasteiger charge is 2.26. The lowest BCUT2D eigenvalue weighted by Crippen LogP contribution is -2.17. The molecule has 0 saturated carbocycles. The van der Waals surface area contributed by atoms with Crippen LogP contribution in [0.1, 0.15) is 124 Å². The Morgan fingerprint density at radius 3 is 1.39 bits per heavy atom. The number of nitrogens with one attached hydrogen (secondary N) is 1. The van der Waals surface area contributed by atoms with Crippen LogP contribution in [-0.2, 0) is 18.2 Å². The molecule has 0 rings (SSSR count). The van der Waals surface area contributed by atoms with Gasteiger partial charge in [0, 0.05) is 6.54 Å². The number of unbranched alkanes of at least 4 members (excludes halogenated alkanes) is 13. The fraction of sp³-hybridized carbons (Fsp3) is 1.00. The van der Waals surface area contributed by atoms with Crippen molar-refractivity contribution in [1.29, 1.82) is 0 Å². The van der Waals surface area contributed by atoms with Gasteiger partial charge in [-0.2, -0.15) is 10.1 Å². The predicted octanol–water partition coefficient (Wildman–Crippen LogP) is 7.95. The molecule has 0 radical (unpaired) electrons. The summed E-state index contributed by atoms with van der Waals surface area (Å²) in [4.78, 5) is 0. The lowest BCUT2D eigenvalue weighted by Gasteiger charge is -2.17. The average molecular weight is 422 g/mol. The largest absolute Gasteiger partial charge is 0.491 e. The standard InChI is InChI=1S/C22H48NO4P/c1-4-7-10-11-12-13-14-15-16-17-18-19-20-23-27-28(24,25-21-8-5-2)26-22-9-6-3/h23H,4-22H2,1-3H3. The van der Waals surface area contributed by atoms with E-state index in [-0.39, 0.29) is 0 Å². The van der Waals surface area contributed by atoms with Crippen molar-refractivity contribution in [1.82, 2.24) is 5.48 Å². The molecule has 0 aromatic heterocycles. The molecule has 0 aromatic carbocycles. The van der Waals surface area contributed by atoms with E-state index in [2.05, 4.69) is 26.3 Å². The molecular formula is C22H48NO4P. The summed E-state index contributed by atoms with van der Waals surface area (Å²) in [6, 6.07) is 0. The van der Waals surface area contributed by atoms with Gasteiger partial charge in [-0.25, -0.2) is 4.57 Å². The molecule has 0 aliphatic heterocycles. The second-order valence-corrected chi connectivity index (χ2v) is 9.29. The Hall–Kier alpha value is 0.0700. The Labute approximate surface area is 175 Å². The molecule has 0 bridgehead atoms. The first kappa shape index (κ1) is 28.1. The van der Waals surface area contributed by atoms with Crippen LogP contribution in [0, 0.1) is 0 Å². The summed E-state index contributed by atoms with van der Waals surface area (Å²) in [6.45, 7) is 7.89. The maximum atomic E-state index is 12.6. The van der Waals surface area contributed by atoms with Crippen LogP contribution in [-0.4, -0.2) is 19.8 Å². The number of hydroxylamine groups is 1. The van der Waals surface area contributed by atoms with Crippen LogP contribution in [0.25, 0.3) is 0 Å². The Bertz CT molecular complexity index is 341. The number of hydrogen-bond acceptors (Lipinski definition) is 5. The first-order valence-electron chi connectivity index (χ1n) is 12.0. The van der Waals surface area contributed by atoms with Gasteiger partial charge in [-0.1, -0.05) is 104 Å². The molecule has 5 nitrogen and oxygen atoms in total. The van der Waals surface area contributed by atoms with Gasteiger partial charge in [0.15, 0.2) is 0 Å². The smallest absolute Gasteiger partial charge is 0.286 e. The molecule has 0 aliphatic rings. The highest BCUT2D eigenvalue weighted by Crippen LogP contribution is 2.48. The van der Waals surface area contributed by atoms with Crippen molar-refractivity contribution in [3.63, 3.8) is 0 Å². The first-order chi connectivity index (χ1) is 13.7. The SMILES string of the molecule is CCCCCCCCCCCCCCNOP(=O)(OCCCC)OCCCC. The molecule has 0 amide bonds. The van der Waals surface area contributed by atoms with E-state index in [9.17, 15) is 4.57 Å². The summed E-state index contributed by atoms with van der Waals surface area (Å²) in [5.41, 5.74) is 2.80. The molecule has 0 spiro atoms. The zero-order chi connectivity index (χ0) is 20.8. The molecule has 0 aromatic rings. The maximum absolute atomic E-state index is 12.6. The van der Waals surface area contributed by atoms with E-state index in [1.165, 1.54) is 70.6 Å². The van der Waals surface area contributed by atoms with Crippen molar-refractivity contribution in [2.24, 2.45) is 0 Å².